The van der Waals surface area contributed by atoms with Gasteiger partial charge >= 0.3 is 0 Å². The van der Waals surface area contributed by atoms with Crippen molar-refractivity contribution in [3.63, 3.8) is 0 Å². The van der Waals surface area contributed by atoms with Crippen molar-refractivity contribution < 1.29 is 17.2 Å². The van der Waals surface area contributed by atoms with Crippen LogP contribution in [0.15, 0.2) is 29.2 Å². The zero-order valence-corrected chi connectivity index (χ0v) is 13.9. The van der Waals surface area contributed by atoms with Crippen LogP contribution >= 0.6 is 23.2 Å². The van der Waals surface area contributed by atoms with Crippen molar-refractivity contribution >= 4 is 38.9 Å². The lowest BCUT2D eigenvalue weighted by atomic mass is 10.2. The van der Waals surface area contributed by atoms with E-state index in [0.717, 1.165) is 18.2 Å². The number of hydrogen-bond donors (Lipinski definition) is 1. The second kappa shape index (κ2) is 6.02. The van der Waals surface area contributed by atoms with Gasteiger partial charge in [0, 0.05) is 11.1 Å². The highest BCUT2D eigenvalue weighted by Crippen LogP contribution is 2.34. The first-order valence-electron chi connectivity index (χ1n) is 6.06. The molecule has 22 heavy (non-hydrogen) atoms. The first-order valence-corrected chi connectivity index (χ1v) is 8.30. The molecule has 0 amide bonds. The topological polar surface area (TPSA) is 46.2 Å². The molecule has 0 saturated heterocycles. The van der Waals surface area contributed by atoms with Gasteiger partial charge < -0.3 is 0 Å². The monoisotopic (exact) mass is 365 g/mol. The first kappa shape index (κ1) is 17.0. The fraction of sp³-hybridized carbons (Fsp3) is 0.143. The molecule has 0 aliphatic rings. The third-order valence-corrected chi connectivity index (χ3v) is 5.56. The molecule has 0 saturated carbocycles. The van der Waals surface area contributed by atoms with Gasteiger partial charge in [-0.15, -0.1) is 0 Å². The molecule has 8 heteroatoms. The van der Waals surface area contributed by atoms with Crippen molar-refractivity contribution in [2.24, 2.45) is 0 Å². The summed E-state index contributed by atoms with van der Waals surface area (Å²) in [7, 11) is -4.23. The van der Waals surface area contributed by atoms with Gasteiger partial charge in [0.1, 0.15) is 16.5 Å². The fourth-order valence-corrected chi connectivity index (χ4v) is 4.18. The molecule has 0 radical (unpaired) electrons. The second-order valence-electron chi connectivity index (χ2n) is 4.67. The van der Waals surface area contributed by atoms with Crippen LogP contribution < -0.4 is 4.72 Å². The van der Waals surface area contributed by atoms with Crippen LogP contribution in [0.5, 0.6) is 0 Å². The molecule has 2 aromatic rings. The zero-order valence-electron chi connectivity index (χ0n) is 11.5. The predicted molar refractivity (Wildman–Crippen MR) is 83.1 cm³/mol. The molecule has 3 nitrogen and oxygen atoms in total. The molecule has 0 aliphatic heterocycles. The SMILES string of the molecule is Cc1cc(Cl)c(C)c(S(=O)(=O)Nc2cc(F)ccc2F)c1Cl. The van der Waals surface area contributed by atoms with Crippen LogP contribution in [0.25, 0.3) is 0 Å². The standard InChI is InChI=1S/C14H11Cl2F2NO2S/c1-7-5-10(15)8(2)14(13(7)16)22(20,21)19-12-6-9(17)3-4-11(12)18/h3-6,19H,1-2H3. The van der Waals surface area contributed by atoms with E-state index in [-0.39, 0.29) is 20.5 Å². The number of rotatable bonds is 3. The van der Waals surface area contributed by atoms with Gasteiger partial charge in [-0.2, -0.15) is 0 Å². The van der Waals surface area contributed by atoms with Gasteiger partial charge in [0.2, 0.25) is 0 Å². The third kappa shape index (κ3) is 3.19. The molecule has 1 N–H and O–H groups in total. The average molecular weight is 366 g/mol. The number of sulfonamides is 1. The van der Waals surface area contributed by atoms with E-state index in [9.17, 15) is 17.2 Å². The highest BCUT2D eigenvalue weighted by molar-refractivity contribution is 7.93. The molecule has 0 spiro atoms. The largest absolute Gasteiger partial charge is 0.276 e. The van der Waals surface area contributed by atoms with Crippen LogP contribution in [0, 0.1) is 25.5 Å². The molecule has 0 bridgehead atoms. The minimum Gasteiger partial charge on any atom is -0.276 e. The predicted octanol–water partition coefficient (Wildman–Crippen LogP) is 4.69. The summed E-state index contributed by atoms with van der Waals surface area (Å²) < 4.78 is 53.7. The van der Waals surface area contributed by atoms with E-state index in [1.54, 1.807) is 6.92 Å². The Hall–Kier alpha value is -1.37. The van der Waals surface area contributed by atoms with Gasteiger partial charge in [-0.1, -0.05) is 23.2 Å². The molecule has 0 heterocycles. The summed E-state index contributed by atoms with van der Waals surface area (Å²) >= 11 is 12.0. The lowest BCUT2D eigenvalue weighted by Gasteiger charge is -2.15. The number of aryl methyl sites for hydroxylation is 1. The normalized spacial score (nSPS) is 11.5. The Morgan fingerprint density at radius 3 is 2.36 bits per heavy atom. The smallest absolute Gasteiger partial charge is 0.263 e. The third-order valence-electron chi connectivity index (χ3n) is 3.03. The summed E-state index contributed by atoms with van der Waals surface area (Å²) in [6, 6.07) is 3.98. The molecule has 2 aromatic carbocycles. The van der Waals surface area contributed by atoms with Crippen LogP contribution in [0.1, 0.15) is 11.1 Å². The lowest BCUT2D eigenvalue weighted by Crippen LogP contribution is -2.16. The Kier molecular flexibility index (Phi) is 4.65. The second-order valence-corrected chi connectivity index (χ2v) is 7.08. The van der Waals surface area contributed by atoms with E-state index < -0.39 is 27.3 Å². The molecular formula is C14H11Cl2F2NO2S. The maximum atomic E-state index is 13.6. The van der Waals surface area contributed by atoms with E-state index >= 15 is 0 Å². The summed E-state index contributed by atoms with van der Waals surface area (Å²) in [6.45, 7) is 3.07. The molecule has 0 aromatic heterocycles. The highest BCUT2D eigenvalue weighted by atomic mass is 35.5. The van der Waals surface area contributed by atoms with Crippen molar-refractivity contribution in [1.82, 2.24) is 0 Å². The van der Waals surface area contributed by atoms with E-state index in [4.69, 9.17) is 23.2 Å². The van der Waals surface area contributed by atoms with E-state index in [0.29, 0.717) is 5.56 Å². The lowest BCUT2D eigenvalue weighted by molar-refractivity contribution is 0.594. The molecule has 118 valence electrons. The quantitative estimate of drug-likeness (QED) is 0.857. The van der Waals surface area contributed by atoms with E-state index in [1.165, 1.54) is 13.0 Å². The Bertz CT molecular complexity index is 828. The molecular weight excluding hydrogens is 355 g/mol. The maximum absolute atomic E-state index is 13.6. The number of benzene rings is 2. The number of nitrogens with one attached hydrogen (secondary N) is 1. The summed E-state index contributed by atoms with van der Waals surface area (Å²) in [6.07, 6.45) is 0. The number of anilines is 1. The molecule has 0 atom stereocenters. The first-order chi connectivity index (χ1) is 10.1. The average Bonchev–Trinajstić information content (AvgIpc) is 2.40. The van der Waals surface area contributed by atoms with Gasteiger partial charge in [-0.3, -0.25) is 4.72 Å². The molecule has 0 fully saturated rings. The molecule has 0 unspecified atom stereocenters. The van der Waals surface area contributed by atoms with E-state index in [2.05, 4.69) is 0 Å². The van der Waals surface area contributed by atoms with Crippen LogP contribution in [0.3, 0.4) is 0 Å². The minimum atomic E-state index is -4.23. The van der Waals surface area contributed by atoms with Crippen LogP contribution in [-0.2, 0) is 10.0 Å². The van der Waals surface area contributed by atoms with E-state index in [1.807, 2.05) is 4.72 Å². The number of halogens is 4. The Labute approximate surface area is 136 Å². The van der Waals surface area contributed by atoms with Gasteiger partial charge in [0.25, 0.3) is 10.0 Å². The Balaban J connectivity index is 2.59. The van der Waals surface area contributed by atoms with Crippen molar-refractivity contribution in [2.75, 3.05) is 4.72 Å². The Morgan fingerprint density at radius 2 is 1.73 bits per heavy atom. The molecule has 0 aliphatic carbocycles. The Morgan fingerprint density at radius 1 is 1.09 bits per heavy atom. The zero-order chi connectivity index (χ0) is 16.7. The highest BCUT2D eigenvalue weighted by Gasteiger charge is 2.25. The van der Waals surface area contributed by atoms with Crippen molar-refractivity contribution in [1.29, 1.82) is 0 Å². The summed E-state index contributed by atoms with van der Waals surface area (Å²) in [5, 5.41) is 0.188. The van der Waals surface area contributed by atoms with Crippen molar-refractivity contribution in [3.05, 3.63) is 57.1 Å². The van der Waals surface area contributed by atoms with Gasteiger partial charge in [0.15, 0.2) is 0 Å². The summed E-state index contributed by atoms with van der Waals surface area (Å²) in [4.78, 5) is -0.261. The van der Waals surface area contributed by atoms with Crippen LogP contribution in [0.2, 0.25) is 10.0 Å². The van der Waals surface area contributed by atoms with Gasteiger partial charge in [-0.05, 0) is 43.2 Å². The maximum Gasteiger partial charge on any atom is 0.263 e. The van der Waals surface area contributed by atoms with Crippen molar-refractivity contribution in [2.45, 2.75) is 18.7 Å². The minimum absolute atomic E-state index is 0.0220. The molecule has 2 rings (SSSR count). The van der Waals surface area contributed by atoms with Crippen molar-refractivity contribution in [3.8, 4) is 0 Å². The van der Waals surface area contributed by atoms with Crippen LogP contribution in [-0.4, -0.2) is 8.42 Å². The van der Waals surface area contributed by atoms with Crippen LogP contribution in [0.4, 0.5) is 14.5 Å². The number of hydrogen-bond acceptors (Lipinski definition) is 2. The summed E-state index contributed by atoms with van der Waals surface area (Å²) in [5.74, 6) is -1.68. The van der Waals surface area contributed by atoms with Gasteiger partial charge in [0.05, 0.1) is 10.7 Å². The fourth-order valence-electron chi connectivity index (χ4n) is 1.90. The van der Waals surface area contributed by atoms with Gasteiger partial charge in [-0.25, -0.2) is 17.2 Å². The summed E-state index contributed by atoms with van der Waals surface area (Å²) in [5.41, 5.74) is 0.173.